The van der Waals surface area contributed by atoms with Crippen LogP contribution in [-0.2, 0) is 11.2 Å². The quantitative estimate of drug-likeness (QED) is 0.702. The summed E-state index contributed by atoms with van der Waals surface area (Å²) in [5.74, 6) is 1.89. The van der Waals surface area contributed by atoms with Crippen molar-refractivity contribution in [1.82, 2.24) is 4.90 Å². The van der Waals surface area contributed by atoms with Gasteiger partial charge in [-0.3, -0.25) is 4.79 Å². The molecule has 0 aromatic heterocycles. The fourth-order valence-corrected chi connectivity index (χ4v) is 4.97. The van der Waals surface area contributed by atoms with E-state index in [9.17, 15) is 4.79 Å². The number of carbonyl (C=O) groups excluding carboxylic acids is 1. The van der Waals surface area contributed by atoms with E-state index in [1.54, 1.807) is 32.4 Å². The van der Waals surface area contributed by atoms with E-state index < -0.39 is 0 Å². The Kier molecular flexibility index (Phi) is 6.51. The van der Waals surface area contributed by atoms with Crippen molar-refractivity contribution in [2.45, 2.75) is 44.6 Å². The molecule has 2 fully saturated rings. The first-order chi connectivity index (χ1) is 15.0. The van der Waals surface area contributed by atoms with Gasteiger partial charge in [0, 0.05) is 25.8 Å². The molecule has 2 saturated heterocycles. The summed E-state index contributed by atoms with van der Waals surface area (Å²) in [6.45, 7) is 4.37. The summed E-state index contributed by atoms with van der Waals surface area (Å²) in [7, 11) is 3.19. The molecule has 2 heterocycles. The second-order valence-corrected chi connectivity index (χ2v) is 8.94. The highest BCUT2D eigenvalue weighted by Crippen LogP contribution is 2.39. The first-order valence-electron chi connectivity index (χ1n) is 11.2. The maximum Gasteiger partial charge on any atom is 0.257 e. The Labute approximate surface area is 185 Å². The molecule has 2 aromatic rings. The molecule has 0 aliphatic carbocycles. The van der Waals surface area contributed by atoms with Crippen molar-refractivity contribution in [1.29, 1.82) is 0 Å². The van der Waals surface area contributed by atoms with Gasteiger partial charge in [0.25, 0.3) is 5.91 Å². The number of piperidine rings is 1. The minimum Gasteiger partial charge on any atom is -0.497 e. The highest BCUT2D eigenvalue weighted by atomic mass is 16.5. The highest BCUT2D eigenvalue weighted by Gasteiger charge is 2.41. The predicted octanol–water partition coefficient (Wildman–Crippen LogP) is 4.66. The van der Waals surface area contributed by atoms with Crippen LogP contribution in [0, 0.1) is 12.8 Å². The third-order valence-electron chi connectivity index (χ3n) is 6.84. The van der Waals surface area contributed by atoms with E-state index in [2.05, 4.69) is 31.2 Å². The van der Waals surface area contributed by atoms with Crippen molar-refractivity contribution in [3.05, 3.63) is 59.2 Å². The van der Waals surface area contributed by atoms with Gasteiger partial charge in [-0.05, 0) is 62.6 Å². The zero-order valence-electron chi connectivity index (χ0n) is 18.9. The molecule has 4 rings (SSSR count). The van der Waals surface area contributed by atoms with Crippen LogP contribution in [-0.4, -0.2) is 50.3 Å². The van der Waals surface area contributed by atoms with Crippen LogP contribution < -0.4 is 9.47 Å². The Hall–Kier alpha value is -2.53. The van der Waals surface area contributed by atoms with E-state index in [1.165, 1.54) is 11.1 Å². The topological polar surface area (TPSA) is 48.0 Å². The summed E-state index contributed by atoms with van der Waals surface area (Å²) in [5, 5.41) is 0. The van der Waals surface area contributed by atoms with Crippen molar-refractivity contribution >= 4 is 5.91 Å². The molecule has 2 aliphatic rings. The summed E-state index contributed by atoms with van der Waals surface area (Å²) in [6.07, 6.45) is 5.08. The van der Waals surface area contributed by atoms with Gasteiger partial charge in [0.1, 0.15) is 11.5 Å². The fraction of sp³-hybridized carbons (Fsp3) is 0.500. The SMILES string of the molecule is COc1ccc(C(=O)N2CCC3(CC2)CC(Cc2ccc(C)cc2)CCO3)c(OC)c1. The Morgan fingerprint density at radius 1 is 1.10 bits per heavy atom. The Balaban J connectivity index is 1.38. The molecular formula is C26H33NO4. The minimum absolute atomic E-state index is 0.0152. The molecule has 0 bridgehead atoms. The average molecular weight is 424 g/mol. The minimum atomic E-state index is -0.0889. The third kappa shape index (κ3) is 4.87. The largest absolute Gasteiger partial charge is 0.497 e. The standard InChI is InChI=1S/C26H33NO4/c1-19-4-6-20(7-5-19)16-21-10-15-31-26(18-21)11-13-27(14-12-26)25(28)23-9-8-22(29-2)17-24(23)30-3/h4-9,17,21H,10-16,18H2,1-3H3. The van der Waals surface area contributed by atoms with E-state index in [-0.39, 0.29) is 11.5 Å². The van der Waals surface area contributed by atoms with E-state index in [0.29, 0.717) is 36.1 Å². The molecule has 166 valence electrons. The lowest BCUT2D eigenvalue weighted by Gasteiger charge is -2.46. The second kappa shape index (κ2) is 9.31. The van der Waals surface area contributed by atoms with Gasteiger partial charge in [0.15, 0.2) is 0 Å². The molecule has 2 aliphatic heterocycles. The maximum atomic E-state index is 13.1. The molecule has 0 radical (unpaired) electrons. The number of methoxy groups -OCH3 is 2. The highest BCUT2D eigenvalue weighted by molar-refractivity contribution is 5.97. The molecule has 5 nitrogen and oxygen atoms in total. The fourth-order valence-electron chi connectivity index (χ4n) is 4.97. The van der Waals surface area contributed by atoms with Gasteiger partial charge < -0.3 is 19.1 Å². The van der Waals surface area contributed by atoms with Crippen molar-refractivity contribution in [3.8, 4) is 11.5 Å². The van der Waals surface area contributed by atoms with Crippen LogP contribution in [0.4, 0.5) is 0 Å². The molecule has 1 amide bonds. The lowest BCUT2D eigenvalue weighted by molar-refractivity contribution is -0.123. The van der Waals surface area contributed by atoms with Crippen LogP contribution in [0.2, 0.25) is 0 Å². The molecule has 2 aromatic carbocycles. The number of ether oxygens (including phenoxy) is 3. The van der Waals surface area contributed by atoms with E-state index >= 15 is 0 Å². The van der Waals surface area contributed by atoms with E-state index in [1.807, 2.05) is 4.90 Å². The van der Waals surface area contributed by atoms with Gasteiger partial charge in [0.2, 0.25) is 0 Å². The zero-order chi connectivity index (χ0) is 21.8. The number of amides is 1. The molecule has 1 unspecified atom stereocenters. The molecule has 31 heavy (non-hydrogen) atoms. The van der Waals surface area contributed by atoms with Gasteiger partial charge in [-0.15, -0.1) is 0 Å². The summed E-state index contributed by atoms with van der Waals surface area (Å²) in [6, 6.07) is 14.3. The number of hydrogen-bond donors (Lipinski definition) is 0. The average Bonchev–Trinajstić information content (AvgIpc) is 2.80. The van der Waals surface area contributed by atoms with E-state index in [4.69, 9.17) is 14.2 Å². The number of benzene rings is 2. The zero-order valence-corrected chi connectivity index (χ0v) is 18.9. The third-order valence-corrected chi connectivity index (χ3v) is 6.84. The summed E-state index contributed by atoms with van der Waals surface area (Å²) in [5.41, 5.74) is 3.21. The van der Waals surface area contributed by atoms with Crippen LogP contribution >= 0.6 is 0 Å². The molecular weight excluding hydrogens is 390 g/mol. The van der Waals surface area contributed by atoms with Crippen LogP contribution in [0.1, 0.15) is 47.2 Å². The number of likely N-dealkylation sites (tertiary alicyclic amines) is 1. The lowest BCUT2D eigenvalue weighted by Crippen LogP contribution is -2.51. The number of aryl methyl sites for hydroxylation is 1. The van der Waals surface area contributed by atoms with Gasteiger partial charge in [0.05, 0.1) is 25.4 Å². The molecule has 5 heteroatoms. The monoisotopic (exact) mass is 423 g/mol. The van der Waals surface area contributed by atoms with Crippen molar-refractivity contribution in [3.63, 3.8) is 0 Å². The van der Waals surface area contributed by atoms with Crippen molar-refractivity contribution < 1.29 is 19.0 Å². The Morgan fingerprint density at radius 2 is 1.84 bits per heavy atom. The number of hydrogen-bond acceptors (Lipinski definition) is 4. The lowest BCUT2D eigenvalue weighted by atomic mass is 9.77. The van der Waals surface area contributed by atoms with Gasteiger partial charge >= 0.3 is 0 Å². The Morgan fingerprint density at radius 3 is 2.52 bits per heavy atom. The molecule has 1 atom stereocenters. The van der Waals surface area contributed by atoms with Crippen LogP contribution in [0.3, 0.4) is 0 Å². The van der Waals surface area contributed by atoms with Crippen molar-refractivity contribution in [2.75, 3.05) is 33.9 Å². The predicted molar refractivity (Wildman–Crippen MR) is 121 cm³/mol. The van der Waals surface area contributed by atoms with Crippen molar-refractivity contribution in [2.24, 2.45) is 5.92 Å². The van der Waals surface area contributed by atoms with Gasteiger partial charge in [-0.2, -0.15) is 0 Å². The first-order valence-corrected chi connectivity index (χ1v) is 11.2. The van der Waals surface area contributed by atoms with Gasteiger partial charge in [-0.25, -0.2) is 0 Å². The maximum absolute atomic E-state index is 13.1. The summed E-state index contributed by atoms with van der Waals surface area (Å²) in [4.78, 5) is 15.1. The second-order valence-electron chi connectivity index (χ2n) is 8.94. The Bertz CT molecular complexity index is 900. The number of rotatable bonds is 5. The first kappa shape index (κ1) is 21.7. The molecule has 1 spiro atoms. The normalized spacial score (nSPS) is 20.5. The number of nitrogens with zero attached hydrogens (tertiary/aromatic N) is 1. The van der Waals surface area contributed by atoms with Crippen LogP contribution in [0.25, 0.3) is 0 Å². The van der Waals surface area contributed by atoms with Crippen LogP contribution in [0.5, 0.6) is 11.5 Å². The molecule has 0 N–H and O–H groups in total. The molecule has 0 saturated carbocycles. The summed E-state index contributed by atoms with van der Waals surface area (Å²) < 4.78 is 17.0. The smallest absolute Gasteiger partial charge is 0.257 e. The van der Waals surface area contributed by atoms with Gasteiger partial charge in [-0.1, -0.05) is 29.8 Å². The van der Waals surface area contributed by atoms with E-state index in [0.717, 1.165) is 38.7 Å². The number of carbonyl (C=O) groups is 1. The van der Waals surface area contributed by atoms with Crippen LogP contribution in [0.15, 0.2) is 42.5 Å². The summed E-state index contributed by atoms with van der Waals surface area (Å²) >= 11 is 0.